The van der Waals surface area contributed by atoms with Crippen LogP contribution in [0.15, 0.2) is 83.3 Å². The molecule has 0 N–H and O–H groups in total. The average Bonchev–Trinajstić information content (AvgIpc) is 3.44. The summed E-state index contributed by atoms with van der Waals surface area (Å²) >= 11 is 3.58. The minimum Gasteiger partial charge on any atom is -0.310 e. The van der Waals surface area contributed by atoms with Gasteiger partial charge in [0.15, 0.2) is 5.82 Å². The number of unbranched alkanes of at least 4 members (excludes halogenated alkanes) is 1. The zero-order chi connectivity index (χ0) is 22.6. The van der Waals surface area contributed by atoms with Gasteiger partial charge in [0.05, 0.1) is 0 Å². The predicted octanol–water partition coefficient (Wildman–Crippen LogP) is 6.63. The Morgan fingerprint density at radius 1 is 0.818 bits per heavy atom. The second-order valence-electron chi connectivity index (χ2n) is 8.22. The largest absolute Gasteiger partial charge is 0.310 e. The molecule has 0 aliphatic carbocycles. The van der Waals surface area contributed by atoms with Crippen LogP contribution in [0.5, 0.6) is 0 Å². The number of rotatable bonds is 8. The second-order valence-corrected chi connectivity index (χ2v) is 9.13. The molecule has 33 heavy (non-hydrogen) atoms. The summed E-state index contributed by atoms with van der Waals surface area (Å²) in [5.74, 6) is 0.799. The van der Waals surface area contributed by atoms with Gasteiger partial charge >= 0.3 is 0 Å². The molecule has 0 fully saturated rings. The third-order valence-electron chi connectivity index (χ3n) is 6.04. The number of hydrogen-bond donors (Lipinski definition) is 0. The summed E-state index contributed by atoms with van der Waals surface area (Å²) in [5.41, 5.74) is 4.75. The normalized spacial score (nSPS) is 11.3. The molecule has 0 radical (unpaired) electrons. The number of nitrogens with zero attached hydrogens (tertiary/aromatic N) is 5. The van der Waals surface area contributed by atoms with Crippen molar-refractivity contribution in [1.29, 1.82) is 0 Å². The Morgan fingerprint density at radius 2 is 1.55 bits per heavy atom. The molecule has 166 valence electrons. The van der Waals surface area contributed by atoms with E-state index in [-0.39, 0.29) is 0 Å². The Kier molecular flexibility index (Phi) is 6.35. The van der Waals surface area contributed by atoms with E-state index in [1.54, 1.807) is 0 Å². The molecule has 2 aromatic heterocycles. The van der Waals surface area contributed by atoms with Crippen LogP contribution in [0.25, 0.3) is 28.0 Å². The Hall–Kier alpha value is -3.25. The van der Waals surface area contributed by atoms with Gasteiger partial charge in [-0.15, -0.1) is 5.10 Å². The number of tetrazole rings is 1. The fourth-order valence-corrected chi connectivity index (χ4v) is 4.67. The molecule has 0 aliphatic rings. The summed E-state index contributed by atoms with van der Waals surface area (Å²) in [7, 11) is 0. The van der Waals surface area contributed by atoms with Crippen molar-refractivity contribution in [3.8, 4) is 17.2 Å². The third kappa shape index (κ3) is 4.35. The SMILES string of the molecule is CCCCc1c2ccccc2c(-c2nnnn2CCc2ccccc2)n1-c1ccc(Br)cc1. The third-order valence-corrected chi connectivity index (χ3v) is 6.57. The van der Waals surface area contributed by atoms with Crippen molar-refractivity contribution in [1.82, 2.24) is 24.8 Å². The zero-order valence-corrected chi connectivity index (χ0v) is 20.2. The molecule has 0 amide bonds. The van der Waals surface area contributed by atoms with Crippen molar-refractivity contribution in [2.45, 2.75) is 39.2 Å². The van der Waals surface area contributed by atoms with Gasteiger partial charge in [-0.1, -0.05) is 83.9 Å². The van der Waals surface area contributed by atoms with E-state index in [9.17, 15) is 0 Å². The van der Waals surface area contributed by atoms with Crippen LogP contribution in [0.2, 0.25) is 0 Å². The molecule has 0 saturated heterocycles. The van der Waals surface area contributed by atoms with Crippen LogP contribution in [0.3, 0.4) is 0 Å². The van der Waals surface area contributed by atoms with Crippen molar-refractivity contribution in [3.05, 3.63) is 94.6 Å². The van der Waals surface area contributed by atoms with Gasteiger partial charge in [-0.05, 0) is 59.5 Å². The maximum Gasteiger partial charge on any atom is 0.199 e. The number of fused-ring (bicyclic) bond motifs is 1. The Balaban J connectivity index is 1.68. The molecule has 5 nitrogen and oxygen atoms in total. The molecule has 0 aliphatic heterocycles. The maximum atomic E-state index is 4.52. The van der Waals surface area contributed by atoms with E-state index in [1.807, 2.05) is 10.7 Å². The molecule has 0 saturated carbocycles. The molecular weight excluding hydrogens is 474 g/mol. The zero-order valence-electron chi connectivity index (χ0n) is 18.7. The molecule has 3 aromatic carbocycles. The van der Waals surface area contributed by atoms with Crippen molar-refractivity contribution in [3.63, 3.8) is 0 Å². The van der Waals surface area contributed by atoms with Crippen molar-refractivity contribution in [2.75, 3.05) is 0 Å². The van der Waals surface area contributed by atoms with Crippen LogP contribution in [0.1, 0.15) is 31.0 Å². The van der Waals surface area contributed by atoms with Gasteiger partial charge in [0, 0.05) is 33.2 Å². The summed E-state index contributed by atoms with van der Waals surface area (Å²) in [6.07, 6.45) is 4.14. The molecule has 0 atom stereocenters. The highest BCUT2D eigenvalue weighted by Gasteiger charge is 2.23. The number of benzene rings is 3. The number of halogens is 1. The minimum atomic E-state index is 0.719. The van der Waals surface area contributed by atoms with Crippen molar-refractivity contribution >= 4 is 26.7 Å². The van der Waals surface area contributed by atoms with Gasteiger partial charge in [0.25, 0.3) is 0 Å². The van der Waals surface area contributed by atoms with E-state index in [0.717, 1.165) is 53.9 Å². The van der Waals surface area contributed by atoms with Gasteiger partial charge in [0.1, 0.15) is 5.69 Å². The van der Waals surface area contributed by atoms with Crippen molar-refractivity contribution in [2.24, 2.45) is 0 Å². The highest BCUT2D eigenvalue weighted by atomic mass is 79.9. The maximum absolute atomic E-state index is 4.52. The van der Waals surface area contributed by atoms with Crippen LogP contribution in [-0.4, -0.2) is 24.8 Å². The van der Waals surface area contributed by atoms with Gasteiger partial charge in [0.2, 0.25) is 0 Å². The van der Waals surface area contributed by atoms with Crippen LogP contribution < -0.4 is 0 Å². The number of hydrogen-bond acceptors (Lipinski definition) is 3. The predicted molar refractivity (Wildman–Crippen MR) is 137 cm³/mol. The first kappa shape index (κ1) is 21.6. The topological polar surface area (TPSA) is 48.5 Å². The van der Waals surface area contributed by atoms with Crippen LogP contribution in [0, 0.1) is 0 Å². The second kappa shape index (κ2) is 9.71. The standard InChI is InChI=1S/C27H26BrN5/c1-2-3-13-25-23-11-7-8-12-24(23)26(33(25)22-16-14-21(28)15-17-22)27-29-30-31-32(27)19-18-20-9-5-4-6-10-20/h4-12,14-17H,2-3,13,18-19H2,1H3. The van der Waals surface area contributed by atoms with Gasteiger partial charge < -0.3 is 4.57 Å². The lowest BCUT2D eigenvalue weighted by atomic mass is 10.1. The monoisotopic (exact) mass is 499 g/mol. The van der Waals surface area contributed by atoms with Crippen LogP contribution in [-0.2, 0) is 19.4 Å². The Bertz CT molecular complexity index is 1350. The first-order valence-corrected chi connectivity index (χ1v) is 12.2. The lowest BCUT2D eigenvalue weighted by molar-refractivity contribution is 0.592. The van der Waals surface area contributed by atoms with Gasteiger partial charge in [-0.3, -0.25) is 0 Å². The average molecular weight is 500 g/mol. The van der Waals surface area contributed by atoms with E-state index < -0.39 is 0 Å². The minimum absolute atomic E-state index is 0.719. The summed E-state index contributed by atoms with van der Waals surface area (Å²) < 4.78 is 5.36. The van der Waals surface area contributed by atoms with E-state index in [2.05, 4.69) is 116 Å². The Morgan fingerprint density at radius 3 is 2.30 bits per heavy atom. The van der Waals surface area contributed by atoms with E-state index in [4.69, 9.17) is 0 Å². The molecular formula is C27H26BrN5. The summed E-state index contributed by atoms with van der Waals surface area (Å²) in [6.45, 7) is 2.95. The molecule has 5 rings (SSSR count). The van der Waals surface area contributed by atoms with Crippen LogP contribution >= 0.6 is 15.9 Å². The fourth-order valence-electron chi connectivity index (χ4n) is 4.41. The smallest absolute Gasteiger partial charge is 0.199 e. The molecule has 2 heterocycles. The van der Waals surface area contributed by atoms with E-state index in [1.165, 1.54) is 22.0 Å². The molecule has 0 spiro atoms. The van der Waals surface area contributed by atoms with Gasteiger partial charge in [-0.2, -0.15) is 0 Å². The van der Waals surface area contributed by atoms with Gasteiger partial charge in [-0.25, -0.2) is 4.68 Å². The van der Waals surface area contributed by atoms with E-state index >= 15 is 0 Å². The first-order valence-electron chi connectivity index (χ1n) is 11.4. The lowest BCUT2D eigenvalue weighted by Crippen LogP contribution is -2.09. The quantitative estimate of drug-likeness (QED) is 0.240. The first-order chi connectivity index (χ1) is 16.3. The molecule has 0 bridgehead atoms. The molecule has 5 aromatic rings. The number of aryl methyl sites for hydroxylation is 3. The van der Waals surface area contributed by atoms with Crippen molar-refractivity contribution < 1.29 is 0 Å². The molecule has 0 unspecified atom stereocenters. The highest BCUT2D eigenvalue weighted by molar-refractivity contribution is 9.10. The lowest BCUT2D eigenvalue weighted by Gasteiger charge is -2.14. The summed E-state index contributed by atoms with van der Waals surface area (Å²) in [5, 5.41) is 15.4. The molecule has 6 heteroatoms. The fraction of sp³-hybridized carbons (Fsp3) is 0.222. The van der Waals surface area contributed by atoms with Crippen LogP contribution in [0.4, 0.5) is 0 Å². The highest BCUT2D eigenvalue weighted by Crippen LogP contribution is 2.36. The van der Waals surface area contributed by atoms with E-state index in [0.29, 0.717) is 0 Å². The summed E-state index contributed by atoms with van der Waals surface area (Å²) in [4.78, 5) is 0. The summed E-state index contributed by atoms with van der Waals surface area (Å²) in [6, 6.07) is 27.6. The number of aromatic nitrogens is 5. The Labute approximate surface area is 202 Å².